The van der Waals surface area contributed by atoms with Crippen molar-refractivity contribution in [2.45, 2.75) is 38.4 Å². The summed E-state index contributed by atoms with van der Waals surface area (Å²) in [6, 6.07) is 1.97. The molecular weight excluding hydrogens is 537 g/mol. The number of carbonyl (C=O) groups excluding carboxylic acids is 2. The highest BCUT2D eigenvalue weighted by Gasteiger charge is 2.35. The number of hydrogen-bond acceptors (Lipinski definition) is 8. The molecule has 2 aromatic rings. The molecule has 1 aromatic heterocycles. The zero-order chi connectivity index (χ0) is 28.0. The Morgan fingerprint density at radius 2 is 2.02 bits per heavy atom. The van der Waals surface area contributed by atoms with Gasteiger partial charge in [0.15, 0.2) is 0 Å². The van der Waals surface area contributed by atoms with Crippen LogP contribution in [0, 0.1) is 5.82 Å². The van der Waals surface area contributed by atoms with Crippen LogP contribution in [0.2, 0.25) is 5.02 Å². The standard InChI is InChI=1S/C28H33ClFN7O3/c1-3-22(38)35-9-11-36(12-10-35)26-19-14-37(25-23-17(6-7-31-27(23)39)13-20(30)24(25)29)15-21(19)32-28(33-26)40-16-18-5-4-8-34(18)2/h3,13,18H,1,4-12,14-16H2,2H3,(H,31,39)/t18-/m0/s1. The van der Waals surface area contributed by atoms with Crippen LogP contribution < -0.4 is 19.9 Å². The number of anilines is 2. The molecule has 0 aliphatic carbocycles. The fourth-order valence-electron chi connectivity index (χ4n) is 6.14. The Kier molecular flexibility index (Phi) is 7.26. The molecule has 4 aliphatic rings. The maximum absolute atomic E-state index is 14.9. The molecule has 0 bridgehead atoms. The summed E-state index contributed by atoms with van der Waals surface area (Å²) >= 11 is 6.52. The monoisotopic (exact) mass is 569 g/mol. The second-order valence-electron chi connectivity index (χ2n) is 10.8. The number of amides is 2. The van der Waals surface area contributed by atoms with Gasteiger partial charge in [0.2, 0.25) is 5.91 Å². The highest BCUT2D eigenvalue weighted by molar-refractivity contribution is 6.34. The van der Waals surface area contributed by atoms with Crippen molar-refractivity contribution in [1.29, 1.82) is 0 Å². The highest BCUT2D eigenvalue weighted by Crippen LogP contribution is 2.42. The molecule has 40 heavy (non-hydrogen) atoms. The van der Waals surface area contributed by atoms with Crippen molar-refractivity contribution >= 4 is 34.9 Å². The van der Waals surface area contributed by atoms with Crippen LogP contribution in [-0.2, 0) is 24.3 Å². The van der Waals surface area contributed by atoms with Crippen molar-refractivity contribution in [1.82, 2.24) is 25.1 Å². The Labute approximate surface area is 237 Å². The van der Waals surface area contributed by atoms with Gasteiger partial charge < -0.3 is 29.7 Å². The third kappa shape index (κ3) is 4.85. The molecule has 0 unspecified atom stereocenters. The Balaban J connectivity index is 1.33. The van der Waals surface area contributed by atoms with Crippen molar-refractivity contribution in [3.05, 3.63) is 51.9 Å². The Hall–Kier alpha value is -3.44. The lowest BCUT2D eigenvalue weighted by Crippen LogP contribution is -2.48. The number of nitrogens with one attached hydrogen (secondary N) is 1. The Bertz CT molecular complexity index is 1360. The number of likely N-dealkylation sites (tertiary alicyclic amines) is 1. The average molecular weight is 570 g/mol. The van der Waals surface area contributed by atoms with Gasteiger partial charge >= 0.3 is 6.01 Å². The molecule has 5 heterocycles. The smallest absolute Gasteiger partial charge is 0.318 e. The van der Waals surface area contributed by atoms with E-state index in [1.165, 1.54) is 12.1 Å². The number of nitrogens with zero attached hydrogens (tertiary/aromatic N) is 6. The van der Waals surface area contributed by atoms with Crippen molar-refractivity contribution in [2.75, 3.05) is 62.7 Å². The van der Waals surface area contributed by atoms with E-state index in [1.54, 1.807) is 4.90 Å². The Morgan fingerprint density at radius 1 is 1.23 bits per heavy atom. The number of carbonyl (C=O) groups is 2. The molecule has 1 atom stereocenters. The van der Waals surface area contributed by atoms with E-state index < -0.39 is 5.82 Å². The first-order valence-electron chi connectivity index (χ1n) is 13.8. The molecule has 10 nitrogen and oxygen atoms in total. The third-order valence-electron chi connectivity index (χ3n) is 8.38. The van der Waals surface area contributed by atoms with Gasteiger partial charge in [-0.3, -0.25) is 9.59 Å². The molecule has 0 spiro atoms. The minimum atomic E-state index is -0.542. The van der Waals surface area contributed by atoms with Crippen LogP contribution in [0.3, 0.4) is 0 Å². The van der Waals surface area contributed by atoms with Gasteiger partial charge in [-0.1, -0.05) is 18.2 Å². The van der Waals surface area contributed by atoms with Crippen LogP contribution in [0.5, 0.6) is 6.01 Å². The summed E-state index contributed by atoms with van der Waals surface area (Å²) in [6.07, 6.45) is 4.07. The lowest BCUT2D eigenvalue weighted by atomic mass is 9.97. The topological polar surface area (TPSA) is 94.1 Å². The second kappa shape index (κ2) is 10.9. The summed E-state index contributed by atoms with van der Waals surface area (Å²) in [5, 5.41) is 2.79. The van der Waals surface area contributed by atoms with Gasteiger partial charge in [-0.25, -0.2) is 4.39 Å². The second-order valence-corrected chi connectivity index (χ2v) is 11.2. The summed E-state index contributed by atoms with van der Waals surface area (Å²) in [5.74, 6) is -0.153. The predicted octanol–water partition coefficient (Wildman–Crippen LogP) is 2.38. The molecule has 12 heteroatoms. The molecule has 6 rings (SSSR count). The van der Waals surface area contributed by atoms with E-state index in [0.29, 0.717) is 87.7 Å². The third-order valence-corrected chi connectivity index (χ3v) is 8.74. The van der Waals surface area contributed by atoms with Gasteiger partial charge in [0, 0.05) is 50.9 Å². The average Bonchev–Trinajstić information content (AvgIpc) is 3.57. The van der Waals surface area contributed by atoms with Gasteiger partial charge in [-0.05, 0) is 50.6 Å². The van der Waals surface area contributed by atoms with E-state index in [9.17, 15) is 14.0 Å². The van der Waals surface area contributed by atoms with E-state index >= 15 is 0 Å². The van der Waals surface area contributed by atoms with Crippen LogP contribution in [0.15, 0.2) is 18.7 Å². The van der Waals surface area contributed by atoms with Crippen LogP contribution in [0.25, 0.3) is 0 Å². The fourth-order valence-corrected chi connectivity index (χ4v) is 6.41. The minimum absolute atomic E-state index is 0.0737. The lowest BCUT2D eigenvalue weighted by Gasteiger charge is -2.35. The highest BCUT2D eigenvalue weighted by atomic mass is 35.5. The first-order valence-corrected chi connectivity index (χ1v) is 14.1. The van der Waals surface area contributed by atoms with E-state index in [-0.39, 0.29) is 16.8 Å². The van der Waals surface area contributed by atoms with Gasteiger partial charge in [0.05, 0.1) is 23.5 Å². The lowest BCUT2D eigenvalue weighted by molar-refractivity contribution is -0.126. The first kappa shape index (κ1) is 26.8. The van der Waals surface area contributed by atoms with Gasteiger partial charge in [-0.2, -0.15) is 9.97 Å². The molecule has 212 valence electrons. The molecule has 2 amide bonds. The molecule has 1 N–H and O–H groups in total. The molecule has 0 radical (unpaired) electrons. The SMILES string of the molecule is C=CC(=O)N1CCN(c2nc(OC[C@@H]3CCCN3C)nc3c2CN(c2c(Cl)c(F)cc4c2C(=O)NCC4)C3)CC1. The summed E-state index contributed by atoms with van der Waals surface area (Å²) in [4.78, 5) is 42.8. The largest absolute Gasteiger partial charge is 0.462 e. The van der Waals surface area contributed by atoms with Crippen molar-refractivity contribution in [3.63, 3.8) is 0 Å². The van der Waals surface area contributed by atoms with Crippen LogP contribution in [0.4, 0.5) is 15.9 Å². The number of rotatable bonds is 6. The first-order chi connectivity index (χ1) is 19.3. The van der Waals surface area contributed by atoms with Crippen molar-refractivity contribution in [2.24, 2.45) is 0 Å². The summed E-state index contributed by atoms with van der Waals surface area (Å²) in [5.41, 5.74) is 3.09. The summed E-state index contributed by atoms with van der Waals surface area (Å²) in [7, 11) is 2.09. The Morgan fingerprint density at radius 3 is 2.75 bits per heavy atom. The number of halogens is 2. The number of likely N-dealkylation sites (N-methyl/N-ethyl adjacent to an activating group) is 1. The number of fused-ring (bicyclic) bond motifs is 2. The summed E-state index contributed by atoms with van der Waals surface area (Å²) in [6.45, 7) is 8.55. The number of ether oxygens (including phenoxy) is 1. The zero-order valence-corrected chi connectivity index (χ0v) is 23.3. The number of benzene rings is 1. The minimum Gasteiger partial charge on any atom is -0.462 e. The molecular formula is C28H33ClFN7O3. The van der Waals surface area contributed by atoms with Gasteiger partial charge in [0.1, 0.15) is 23.3 Å². The zero-order valence-electron chi connectivity index (χ0n) is 22.6. The number of hydrogen-bond donors (Lipinski definition) is 1. The van der Waals surface area contributed by atoms with E-state index in [4.69, 9.17) is 26.3 Å². The van der Waals surface area contributed by atoms with Crippen LogP contribution in [-0.4, -0.2) is 90.5 Å². The van der Waals surface area contributed by atoms with E-state index in [0.717, 1.165) is 36.5 Å². The quantitative estimate of drug-likeness (QED) is 0.530. The van der Waals surface area contributed by atoms with Crippen molar-refractivity contribution < 1.29 is 18.7 Å². The number of piperazine rings is 1. The maximum atomic E-state index is 14.9. The molecule has 1 aromatic carbocycles. The normalized spacial score (nSPS) is 20.8. The van der Waals surface area contributed by atoms with Crippen LogP contribution >= 0.6 is 11.6 Å². The van der Waals surface area contributed by atoms with Gasteiger partial charge in [-0.15, -0.1) is 0 Å². The molecule has 4 aliphatic heterocycles. The fraction of sp³-hybridized carbons (Fsp3) is 0.500. The van der Waals surface area contributed by atoms with E-state index in [2.05, 4.69) is 28.7 Å². The number of aromatic nitrogens is 2. The molecule has 0 saturated carbocycles. The predicted molar refractivity (Wildman–Crippen MR) is 150 cm³/mol. The molecule has 2 fully saturated rings. The summed E-state index contributed by atoms with van der Waals surface area (Å²) < 4.78 is 21.1. The van der Waals surface area contributed by atoms with Crippen LogP contribution in [0.1, 0.15) is 40.0 Å². The van der Waals surface area contributed by atoms with Gasteiger partial charge in [0.25, 0.3) is 5.91 Å². The maximum Gasteiger partial charge on any atom is 0.318 e. The van der Waals surface area contributed by atoms with E-state index in [1.807, 2.05) is 4.90 Å². The molecule has 2 saturated heterocycles. The van der Waals surface area contributed by atoms with Crippen molar-refractivity contribution in [3.8, 4) is 6.01 Å².